The number of hydrogen-bond donors (Lipinski definition) is 2. The molecule has 27 heavy (non-hydrogen) atoms. The van der Waals surface area contributed by atoms with Gasteiger partial charge in [-0.2, -0.15) is 5.10 Å². The van der Waals surface area contributed by atoms with Crippen LogP contribution in [0.15, 0.2) is 72.0 Å². The summed E-state index contributed by atoms with van der Waals surface area (Å²) in [6.45, 7) is 1.45. The number of hydrogen-bond acceptors (Lipinski definition) is 3. The van der Waals surface area contributed by atoms with E-state index in [2.05, 4.69) is 45.0 Å². The van der Waals surface area contributed by atoms with Crippen LogP contribution in [0.3, 0.4) is 0 Å². The van der Waals surface area contributed by atoms with E-state index in [9.17, 15) is 0 Å². The number of ether oxygens (including phenoxy) is 1. The van der Waals surface area contributed by atoms with E-state index in [0.717, 1.165) is 35.9 Å². The molecule has 2 aromatic carbocycles. The van der Waals surface area contributed by atoms with E-state index in [1.165, 1.54) is 5.56 Å². The predicted molar refractivity (Wildman–Crippen MR) is 108 cm³/mol. The average Bonchev–Trinajstić information content (AvgIpc) is 3.26. The van der Waals surface area contributed by atoms with E-state index in [-0.39, 0.29) is 0 Å². The zero-order chi connectivity index (χ0) is 18.9. The number of para-hydroxylation sites is 1. The van der Waals surface area contributed by atoms with Gasteiger partial charge in [0.25, 0.3) is 0 Å². The Labute approximate surface area is 159 Å². The summed E-state index contributed by atoms with van der Waals surface area (Å²) in [6, 6.07) is 18.3. The molecule has 3 aromatic rings. The zero-order valence-corrected chi connectivity index (χ0v) is 15.7. The van der Waals surface area contributed by atoms with Gasteiger partial charge in [-0.15, -0.1) is 0 Å². The van der Waals surface area contributed by atoms with Gasteiger partial charge in [0.1, 0.15) is 5.75 Å². The first-order valence-corrected chi connectivity index (χ1v) is 8.95. The quantitative estimate of drug-likeness (QED) is 0.500. The van der Waals surface area contributed by atoms with Gasteiger partial charge >= 0.3 is 0 Å². The van der Waals surface area contributed by atoms with Crippen LogP contribution in [0, 0.1) is 0 Å². The van der Waals surface area contributed by atoms with Crippen molar-refractivity contribution in [1.82, 2.24) is 20.4 Å². The lowest BCUT2D eigenvalue weighted by molar-refractivity contribution is 0.409. The Hall–Kier alpha value is -3.28. The second kappa shape index (κ2) is 9.43. The maximum absolute atomic E-state index is 5.38. The van der Waals surface area contributed by atoms with Crippen molar-refractivity contribution in [1.29, 1.82) is 0 Å². The lowest BCUT2D eigenvalue weighted by Crippen LogP contribution is -2.37. The Bertz CT molecular complexity index is 857. The number of rotatable bonds is 7. The van der Waals surface area contributed by atoms with Gasteiger partial charge in [-0.25, -0.2) is 4.68 Å². The third kappa shape index (κ3) is 5.10. The van der Waals surface area contributed by atoms with Crippen molar-refractivity contribution >= 4 is 5.96 Å². The first-order valence-electron chi connectivity index (χ1n) is 8.95. The van der Waals surface area contributed by atoms with Crippen LogP contribution in [0.1, 0.15) is 11.1 Å². The second-order valence-electron chi connectivity index (χ2n) is 6.03. The predicted octanol–water partition coefficient (Wildman–Crippen LogP) is 2.79. The topological polar surface area (TPSA) is 63.5 Å². The third-order valence-electron chi connectivity index (χ3n) is 4.27. The van der Waals surface area contributed by atoms with Crippen LogP contribution >= 0.6 is 0 Å². The molecule has 0 amide bonds. The number of nitrogens with one attached hydrogen (secondary N) is 2. The average molecular weight is 363 g/mol. The molecule has 0 atom stereocenters. The molecular weight excluding hydrogens is 338 g/mol. The Morgan fingerprint density at radius 3 is 2.59 bits per heavy atom. The van der Waals surface area contributed by atoms with E-state index in [4.69, 9.17) is 4.74 Å². The molecule has 3 rings (SSSR count). The summed E-state index contributed by atoms with van der Waals surface area (Å²) < 4.78 is 7.23. The minimum atomic E-state index is 0.655. The first kappa shape index (κ1) is 18.5. The third-order valence-corrected chi connectivity index (χ3v) is 4.27. The Balaban J connectivity index is 1.47. The fraction of sp³-hybridized carbons (Fsp3) is 0.238. The molecule has 6 heteroatoms. The normalized spacial score (nSPS) is 11.3. The monoisotopic (exact) mass is 363 g/mol. The van der Waals surface area contributed by atoms with Gasteiger partial charge in [0, 0.05) is 38.1 Å². The van der Waals surface area contributed by atoms with E-state index >= 15 is 0 Å². The van der Waals surface area contributed by atoms with E-state index in [1.807, 2.05) is 41.2 Å². The molecule has 0 fully saturated rings. The van der Waals surface area contributed by atoms with Crippen LogP contribution in [0.4, 0.5) is 0 Å². The number of methoxy groups -OCH3 is 1. The minimum absolute atomic E-state index is 0.655. The van der Waals surface area contributed by atoms with Crippen LogP contribution in [-0.4, -0.2) is 36.4 Å². The van der Waals surface area contributed by atoms with Gasteiger partial charge in [-0.05, 0) is 36.2 Å². The molecule has 0 aliphatic heterocycles. The van der Waals surface area contributed by atoms with Crippen molar-refractivity contribution in [3.8, 4) is 11.4 Å². The fourth-order valence-corrected chi connectivity index (χ4v) is 2.81. The van der Waals surface area contributed by atoms with Crippen molar-refractivity contribution in [2.24, 2.45) is 4.99 Å². The highest BCUT2D eigenvalue weighted by Gasteiger charge is 2.03. The van der Waals surface area contributed by atoms with Crippen LogP contribution in [0.5, 0.6) is 5.75 Å². The van der Waals surface area contributed by atoms with Crippen LogP contribution in [0.2, 0.25) is 0 Å². The highest BCUT2D eigenvalue weighted by atomic mass is 16.5. The highest BCUT2D eigenvalue weighted by molar-refractivity contribution is 5.79. The van der Waals surface area contributed by atoms with E-state index in [1.54, 1.807) is 20.4 Å². The summed E-state index contributed by atoms with van der Waals surface area (Å²) in [5.41, 5.74) is 3.42. The largest absolute Gasteiger partial charge is 0.496 e. The lowest BCUT2D eigenvalue weighted by atomic mass is 10.1. The van der Waals surface area contributed by atoms with Gasteiger partial charge in [-0.3, -0.25) is 4.99 Å². The minimum Gasteiger partial charge on any atom is -0.496 e. The SMILES string of the molecule is CN=C(NCCc1ccc(-n2cccn2)cc1)NCc1ccccc1OC. The summed E-state index contributed by atoms with van der Waals surface area (Å²) in [5.74, 6) is 1.65. The molecule has 2 N–H and O–H groups in total. The maximum Gasteiger partial charge on any atom is 0.191 e. The van der Waals surface area contributed by atoms with Crippen LogP contribution in [-0.2, 0) is 13.0 Å². The van der Waals surface area contributed by atoms with Crippen molar-refractivity contribution < 1.29 is 4.74 Å². The van der Waals surface area contributed by atoms with Gasteiger partial charge < -0.3 is 15.4 Å². The van der Waals surface area contributed by atoms with E-state index < -0.39 is 0 Å². The van der Waals surface area contributed by atoms with E-state index in [0.29, 0.717) is 6.54 Å². The molecule has 1 aromatic heterocycles. The molecular formula is C21H25N5O. The van der Waals surface area contributed by atoms with Crippen molar-refractivity contribution in [2.75, 3.05) is 20.7 Å². The number of guanidine groups is 1. The molecule has 0 unspecified atom stereocenters. The van der Waals surface area contributed by atoms with Crippen molar-refractivity contribution in [3.05, 3.63) is 78.1 Å². The Morgan fingerprint density at radius 2 is 1.89 bits per heavy atom. The lowest BCUT2D eigenvalue weighted by Gasteiger charge is -2.14. The number of aromatic nitrogens is 2. The molecule has 0 bridgehead atoms. The van der Waals surface area contributed by atoms with Crippen molar-refractivity contribution in [3.63, 3.8) is 0 Å². The van der Waals surface area contributed by atoms with Crippen molar-refractivity contribution in [2.45, 2.75) is 13.0 Å². The van der Waals surface area contributed by atoms with Crippen LogP contribution in [0.25, 0.3) is 5.69 Å². The highest BCUT2D eigenvalue weighted by Crippen LogP contribution is 2.16. The molecule has 6 nitrogen and oxygen atoms in total. The Morgan fingerprint density at radius 1 is 1.07 bits per heavy atom. The van der Waals surface area contributed by atoms with Gasteiger partial charge in [0.15, 0.2) is 5.96 Å². The summed E-state index contributed by atoms with van der Waals surface area (Å²) >= 11 is 0. The summed E-state index contributed by atoms with van der Waals surface area (Å²) in [7, 11) is 3.46. The molecule has 0 aliphatic carbocycles. The number of nitrogens with zero attached hydrogens (tertiary/aromatic N) is 3. The molecule has 140 valence electrons. The van der Waals surface area contributed by atoms with Gasteiger partial charge in [0.05, 0.1) is 12.8 Å². The fourth-order valence-electron chi connectivity index (χ4n) is 2.81. The Kier molecular flexibility index (Phi) is 6.46. The standard InChI is InChI=1S/C21H25N5O/c1-22-21(24-16-18-6-3-4-7-20(18)27-2)23-14-12-17-8-10-19(11-9-17)26-15-5-13-25-26/h3-11,13,15H,12,14,16H2,1-2H3,(H2,22,23,24). The molecule has 1 heterocycles. The van der Waals surface area contributed by atoms with Gasteiger partial charge in [-0.1, -0.05) is 30.3 Å². The molecule has 0 saturated heterocycles. The first-order chi connectivity index (χ1) is 13.3. The summed E-state index contributed by atoms with van der Waals surface area (Å²) in [4.78, 5) is 4.28. The maximum atomic E-state index is 5.38. The molecule has 0 saturated carbocycles. The molecule has 0 spiro atoms. The summed E-state index contributed by atoms with van der Waals surface area (Å²) in [5, 5.41) is 10.9. The zero-order valence-electron chi connectivity index (χ0n) is 15.7. The second-order valence-corrected chi connectivity index (χ2v) is 6.03. The number of aliphatic imine (C=N–C) groups is 1. The molecule has 0 radical (unpaired) electrons. The van der Waals surface area contributed by atoms with Crippen LogP contribution < -0.4 is 15.4 Å². The number of benzene rings is 2. The summed E-state index contributed by atoms with van der Waals surface area (Å²) in [6.07, 6.45) is 4.63. The van der Waals surface area contributed by atoms with Gasteiger partial charge in [0.2, 0.25) is 0 Å². The molecule has 0 aliphatic rings. The smallest absolute Gasteiger partial charge is 0.191 e.